The molecular formula is C18H14Br4O6-2. The minimum absolute atomic E-state index is 0.332. The predicted octanol–water partition coefficient (Wildman–Crippen LogP) is 1.66. The summed E-state index contributed by atoms with van der Waals surface area (Å²) in [6.45, 7) is 0. The Hall–Kier alpha value is -0.520. The van der Waals surface area contributed by atoms with Crippen molar-refractivity contribution >= 4 is 75.7 Å². The van der Waals surface area contributed by atoms with Crippen LogP contribution in [0.3, 0.4) is 0 Å². The number of alkyl halides is 2. The fourth-order valence-electron chi connectivity index (χ4n) is 2.90. The molecule has 0 aromatic carbocycles. The molecule has 28 heavy (non-hydrogen) atoms. The summed E-state index contributed by atoms with van der Waals surface area (Å²) in [6, 6.07) is 0. The molecule has 2 aliphatic rings. The van der Waals surface area contributed by atoms with Gasteiger partial charge in [0.1, 0.15) is 0 Å². The Morgan fingerprint density at radius 3 is 1.46 bits per heavy atom. The van der Waals surface area contributed by atoms with E-state index in [4.69, 9.17) is 0 Å². The SMILES string of the molecule is O=C([O-])/C(CC1C=CC=C(Br)C1(O)Br)=C(\CC1C=CC=C(Br)C1(O)Br)C(=O)[O-]. The van der Waals surface area contributed by atoms with Gasteiger partial charge in [0.15, 0.2) is 9.02 Å². The number of carboxylic acid groups (broad SMARTS) is 2. The zero-order valence-electron chi connectivity index (χ0n) is 14.1. The molecule has 0 spiro atoms. The van der Waals surface area contributed by atoms with Gasteiger partial charge < -0.3 is 30.0 Å². The van der Waals surface area contributed by atoms with E-state index in [0.717, 1.165) is 0 Å². The minimum Gasteiger partial charge on any atom is -0.545 e. The van der Waals surface area contributed by atoms with Crippen LogP contribution < -0.4 is 10.2 Å². The average molecular weight is 646 g/mol. The number of carbonyl (C=O) groups is 2. The van der Waals surface area contributed by atoms with Gasteiger partial charge in [-0.05, 0) is 68.0 Å². The molecule has 4 unspecified atom stereocenters. The van der Waals surface area contributed by atoms with Crippen molar-refractivity contribution in [3.8, 4) is 0 Å². The van der Waals surface area contributed by atoms with Crippen LogP contribution in [0.25, 0.3) is 0 Å². The van der Waals surface area contributed by atoms with Crippen molar-refractivity contribution in [1.29, 1.82) is 0 Å². The molecule has 2 rings (SSSR count). The lowest BCUT2D eigenvalue weighted by Crippen LogP contribution is -2.39. The van der Waals surface area contributed by atoms with Gasteiger partial charge in [0.2, 0.25) is 0 Å². The molecule has 0 heterocycles. The van der Waals surface area contributed by atoms with Crippen molar-refractivity contribution < 1.29 is 30.0 Å². The number of hydrogen-bond donors (Lipinski definition) is 2. The Kier molecular flexibility index (Phi) is 7.72. The van der Waals surface area contributed by atoms with Crippen LogP contribution in [0, 0.1) is 11.8 Å². The third-order valence-electron chi connectivity index (χ3n) is 4.53. The first-order chi connectivity index (χ1) is 12.9. The second kappa shape index (κ2) is 9.09. The van der Waals surface area contributed by atoms with E-state index in [0.29, 0.717) is 8.96 Å². The Balaban J connectivity index is 2.43. The molecule has 0 aliphatic heterocycles. The lowest BCUT2D eigenvalue weighted by molar-refractivity contribution is -0.304. The molecule has 152 valence electrons. The average Bonchev–Trinajstić information content (AvgIpc) is 2.58. The molecule has 0 aromatic heterocycles. The number of rotatable bonds is 6. The molecule has 6 nitrogen and oxygen atoms in total. The van der Waals surface area contributed by atoms with E-state index in [1.54, 1.807) is 36.5 Å². The highest BCUT2D eigenvalue weighted by Gasteiger charge is 2.40. The molecule has 0 saturated carbocycles. The van der Waals surface area contributed by atoms with Gasteiger partial charge in [-0.2, -0.15) is 0 Å². The number of allylic oxidation sites excluding steroid dienone is 4. The van der Waals surface area contributed by atoms with Crippen molar-refractivity contribution in [3.63, 3.8) is 0 Å². The summed E-state index contributed by atoms with van der Waals surface area (Å²) < 4.78 is -2.49. The van der Waals surface area contributed by atoms with E-state index in [-0.39, 0.29) is 12.8 Å². The molecule has 0 bridgehead atoms. The zero-order chi connectivity index (χ0) is 21.3. The second-order valence-electron chi connectivity index (χ2n) is 6.30. The van der Waals surface area contributed by atoms with Crippen LogP contribution in [0.1, 0.15) is 12.8 Å². The first-order valence-electron chi connectivity index (χ1n) is 7.95. The molecule has 0 radical (unpaired) electrons. The van der Waals surface area contributed by atoms with E-state index in [9.17, 15) is 30.0 Å². The summed E-state index contributed by atoms with van der Waals surface area (Å²) in [5, 5.41) is 44.7. The van der Waals surface area contributed by atoms with Crippen LogP contribution in [0.15, 0.2) is 56.6 Å². The predicted molar refractivity (Wildman–Crippen MR) is 113 cm³/mol. The maximum atomic E-state index is 11.8. The zero-order valence-corrected chi connectivity index (χ0v) is 20.4. The maximum Gasteiger partial charge on any atom is 0.157 e. The van der Waals surface area contributed by atoms with Crippen LogP contribution in [0.5, 0.6) is 0 Å². The summed E-state index contributed by atoms with van der Waals surface area (Å²) >= 11 is 12.6. The van der Waals surface area contributed by atoms with Crippen molar-refractivity contribution in [2.24, 2.45) is 11.8 Å². The molecular weight excluding hydrogens is 632 g/mol. The lowest BCUT2D eigenvalue weighted by atomic mass is 9.84. The van der Waals surface area contributed by atoms with Crippen molar-refractivity contribution in [3.05, 3.63) is 56.6 Å². The Labute approximate surface area is 194 Å². The quantitative estimate of drug-likeness (QED) is 0.335. The first kappa shape index (κ1) is 23.8. The smallest absolute Gasteiger partial charge is 0.157 e. The van der Waals surface area contributed by atoms with Gasteiger partial charge in [-0.3, -0.25) is 0 Å². The standard InChI is InChI=1S/C18H16Br4O6/c19-13-5-1-3-9(17(13,21)27)7-11(15(23)24)12(16(25)26)8-10-4-2-6-14(20)18(10,22)28/h1-6,9-10,27-28H,7-8H2,(H,23,24)(H,25,26)/p-2/b12-11+. The summed E-state index contributed by atoms with van der Waals surface area (Å²) in [4.78, 5) is 23.5. The van der Waals surface area contributed by atoms with E-state index in [1.807, 2.05) is 0 Å². The highest BCUT2D eigenvalue weighted by atomic mass is 79.9. The first-order valence-corrected chi connectivity index (χ1v) is 11.1. The number of carboxylic acids is 2. The van der Waals surface area contributed by atoms with Crippen molar-refractivity contribution in [2.45, 2.75) is 21.9 Å². The van der Waals surface area contributed by atoms with E-state index >= 15 is 0 Å². The largest absolute Gasteiger partial charge is 0.545 e. The van der Waals surface area contributed by atoms with Gasteiger partial charge in [-0.25, -0.2) is 0 Å². The van der Waals surface area contributed by atoms with Crippen LogP contribution in [0.4, 0.5) is 0 Å². The third kappa shape index (κ3) is 4.96. The summed E-state index contributed by atoms with van der Waals surface area (Å²) in [5.74, 6) is -4.95. The number of halogens is 4. The third-order valence-corrected chi connectivity index (χ3v) is 9.36. The molecule has 2 N–H and O–H groups in total. The number of aliphatic carboxylic acids is 2. The summed E-state index contributed by atoms with van der Waals surface area (Å²) in [6.07, 6.45) is 8.82. The van der Waals surface area contributed by atoms with Gasteiger partial charge in [0, 0.05) is 20.8 Å². The molecule has 10 heteroatoms. The van der Waals surface area contributed by atoms with Crippen LogP contribution >= 0.6 is 63.7 Å². The Morgan fingerprint density at radius 1 is 0.857 bits per heavy atom. The van der Waals surface area contributed by atoms with Crippen LogP contribution in [-0.4, -0.2) is 31.2 Å². The molecule has 0 fully saturated rings. The number of carbonyl (C=O) groups excluding carboxylic acids is 2. The number of aliphatic hydroxyl groups is 2. The van der Waals surface area contributed by atoms with Gasteiger partial charge in [0.05, 0.1) is 11.9 Å². The second-order valence-corrected chi connectivity index (χ2v) is 10.4. The van der Waals surface area contributed by atoms with Crippen LogP contribution in [0.2, 0.25) is 0 Å². The summed E-state index contributed by atoms with van der Waals surface area (Å²) in [7, 11) is 0. The van der Waals surface area contributed by atoms with Gasteiger partial charge in [-0.1, -0.05) is 56.2 Å². The minimum atomic E-state index is -1.69. The number of hydrogen-bond acceptors (Lipinski definition) is 6. The van der Waals surface area contributed by atoms with Crippen molar-refractivity contribution in [1.82, 2.24) is 0 Å². The highest BCUT2D eigenvalue weighted by Crippen LogP contribution is 2.45. The molecule has 0 aromatic rings. The summed E-state index contributed by atoms with van der Waals surface area (Å²) in [5.41, 5.74) is -1.03. The Bertz CT molecular complexity index is 767. The maximum absolute atomic E-state index is 11.8. The van der Waals surface area contributed by atoms with Gasteiger partial charge in [-0.15, -0.1) is 0 Å². The van der Waals surface area contributed by atoms with E-state index in [2.05, 4.69) is 63.7 Å². The molecule has 2 aliphatic carbocycles. The fourth-order valence-corrected chi connectivity index (χ4v) is 4.68. The molecule has 4 atom stereocenters. The van der Waals surface area contributed by atoms with E-state index < -0.39 is 43.9 Å². The topological polar surface area (TPSA) is 121 Å². The normalized spacial score (nSPS) is 33.1. The van der Waals surface area contributed by atoms with E-state index in [1.165, 1.54) is 0 Å². The Morgan fingerprint density at radius 2 is 1.18 bits per heavy atom. The molecule has 0 amide bonds. The lowest BCUT2D eigenvalue weighted by Gasteiger charge is -2.35. The van der Waals surface area contributed by atoms with Gasteiger partial charge >= 0.3 is 0 Å². The highest BCUT2D eigenvalue weighted by molar-refractivity contribution is 9.14. The van der Waals surface area contributed by atoms with Gasteiger partial charge in [0.25, 0.3) is 0 Å². The van der Waals surface area contributed by atoms with Crippen molar-refractivity contribution in [2.75, 3.05) is 0 Å². The monoisotopic (exact) mass is 642 g/mol. The van der Waals surface area contributed by atoms with Crippen LogP contribution in [-0.2, 0) is 9.59 Å². The fraction of sp³-hybridized carbons (Fsp3) is 0.333. The molecule has 0 saturated heterocycles.